The SMILES string of the molecule is Cc1cccc(C(=O)Oc2ccc(C=NNC(=O)c3ccc(Cl)c(Cl)c3)cc2)c1. The summed E-state index contributed by atoms with van der Waals surface area (Å²) in [5, 5.41) is 4.57. The van der Waals surface area contributed by atoms with E-state index in [9.17, 15) is 9.59 Å². The zero-order valence-corrected chi connectivity index (χ0v) is 16.9. The second kappa shape index (κ2) is 9.37. The van der Waals surface area contributed by atoms with Gasteiger partial charge in [0, 0.05) is 5.56 Å². The molecule has 0 spiro atoms. The average molecular weight is 427 g/mol. The summed E-state index contributed by atoms with van der Waals surface area (Å²) in [5.41, 5.74) is 4.94. The van der Waals surface area contributed by atoms with Crippen molar-refractivity contribution in [1.82, 2.24) is 5.43 Å². The van der Waals surface area contributed by atoms with Crippen LogP contribution in [0.1, 0.15) is 31.8 Å². The number of ether oxygens (including phenoxy) is 1. The normalized spacial score (nSPS) is 10.7. The molecule has 0 saturated carbocycles. The Labute approximate surface area is 177 Å². The fourth-order valence-electron chi connectivity index (χ4n) is 2.43. The van der Waals surface area contributed by atoms with Crippen molar-refractivity contribution in [2.24, 2.45) is 5.10 Å². The first-order valence-corrected chi connectivity index (χ1v) is 9.35. The zero-order valence-electron chi connectivity index (χ0n) is 15.4. The van der Waals surface area contributed by atoms with Gasteiger partial charge in [0.25, 0.3) is 5.91 Å². The predicted octanol–water partition coefficient (Wildman–Crippen LogP) is 5.28. The number of hydrogen-bond donors (Lipinski definition) is 1. The van der Waals surface area contributed by atoms with E-state index in [1.807, 2.05) is 13.0 Å². The summed E-state index contributed by atoms with van der Waals surface area (Å²) >= 11 is 11.7. The highest BCUT2D eigenvalue weighted by molar-refractivity contribution is 6.42. The number of esters is 1. The summed E-state index contributed by atoms with van der Waals surface area (Å²) < 4.78 is 5.36. The third-order valence-corrected chi connectivity index (χ3v) is 4.64. The van der Waals surface area contributed by atoms with Crippen LogP contribution in [0.2, 0.25) is 10.0 Å². The first kappa shape index (κ1) is 20.6. The maximum atomic E-state index is 12.2. The lowest BCUT2D eigenvalue weighted by atomic mass is 10.1. The molecule has 3 aromatic carbocycles. The minimum atomic E-state index is -0.427. The van der Waals surface area contributed by atoms with Gasteiger partial charge >= 0.3 is 5.97 Å². The minimum Gasteiger partial charge on any atom is -0.423 e. The standard InChI is InChI=1S/C22H16Cl2N2O3/c1-14-3-2-4-17(11-14)22(28)29-18-8-5-15(6-9-18)13-25-26-21(27)16-7-10-19(23)20(24)12-16/h2-13H,1H3,(H,26,27). The van der Waals surface area contributed by atoms with Gasteiger partial charge in [-0.2, -0.15) is 5.10 Å². The van der Waals surface area contributed by atoms with E-state index >= 15 is 0 Å². The van der Waals surface area contributed by atoms with Gasteiger partial charge in [0.2, 0.25) is 0 Å². The molecular formula is C22H16Cl2N2O3. The van der Waals surface area contributed by atoms with E-state index in [1.54, 1.807) is 54.6 Å². The fourth-order valence-corrected chi connectivity index (χ4v) is 2.73. The van der Waals surface area contributed by atoms with Gasteiger partial charge in [-0.1, -0.05) is 40.9 Å². The van der Waals surface area contributed by atoms with Gasteiger partial charge in [0.1, 0.15) is 5.75 Å². The Balaban J connectivity index is 1.57. The molecular weight excluding hydrogens is 411 g/mol. The van der Waals surface area contributed by atoms with Crippen molar-refractivity contribution in [1.29, 1.82) is 0 Å². The van der Waals surface area contributed by atoms with Crippen molar-refractivity contribution >= 4 is 41.3 Å². The van der Waals surface area contributed by atoms with Crippen molar-refractivity contribution in [3.63, 3.8) is 0 Å². The predicted molar refractivity (Wildman–Crippen MR) is 114 cm³/mol. The van der Waals surface area contributed by atoms with E-state index in [0.717, 1.165) is 11.1 Å². The molecule has 0 radical (unpaired) electrons. The monoisotopic (exact) mass is 426 g/mol. The molecule has 146 valence electrons. The van der Waals surface area contributed by atoms with E-state index in [2.05, 4.69) is 10.5 Å². The van der Waals surface area contributed by atoms with Gasteiger partial charge in [-0.3, -0.25) is 4.79 Å². The maximum absolute atomic E-state index is 12.2. The van der Waals surface area contributed by atoms with E-state index < -0.39 is 11.9 Å². The Hall–Kier alpha value is -3.15. The number of carbonyl (C=O) groups is 2. The van der Waals surface area contributed by atoms with Crippen LogP contribution in [0.25, 0.3) is 0 Å². The minimum absolute atomic E-state index is 0.291. The first-order chi connectivity index (χ1) is 13.9. The molecule has 1 amide bonds. The van der Waals surface area contributed by atoms with E-state index in [-0.39, 0.29) is 0 Å². The van der Waals surface area contributed by atoms with Crippen LogP contribution in [0.3, 0.4) is 0 Å². The molecule has 3 aromatic rings. The Kier molecular flexibility index (Phi) is 6.65. The highest BCUT2D eigenvalue weighted by Gasteiger charge is 2.09. The molecule has 3 rings (SSSR count). The number of rotatable bonds is 5. The Bertz CT molecular complexity index is 1080. The van der Waals surface area contributed by atoms with Gasteiger partial charge in [0.15, 0.2) is 0 Å². The van der Waals surface area contributed by atoms with E-state index in [4.69, 9.17) is 27.9 Å². The van der Waals surface area contributed by atoms with Gasteiger partial charge in [0.05, 0.1) is 21.8 Å². The highest BCUT2D eigenvalue weighted by Crippen LogP contribution is 2.22. The molecule has 0 atom stereocenters. The lowest BCUT2D eigenvalue weighted by Crippen LogP contribution is -2.17. The van der Waals surface area contributed by atoms with Crippen LogP contribution in [0.4, 0.5) is 0 Å². The Morgan fingerprint density at radius 2 is 1.69 bits per heavy atom. The quantitative estimate of drug-likeness (QED) is 0.261. The number of aryl methyl sites for hydroxylation is 1. The van der Waals surface area contributed by atoms with Crippen LogP contribution in [-0.4, -0.2) is 18.1 Å². The van der Waals surface area contributed by atoms with Gasteiger partial charge < -0.3 is 4.74 Å². The summed E-state index contributed by atoms with van der Waals surface area (Å²) in [5.74, 6) is -0.430. The van der Waals surface area contributed by atoms with Crippen LogP contribution in [0.15, 0.2) is 71.8 Å². The zero-order chi connectivity index (χ0) is 20.8. The molecule has 0 aliphatic rings. The first-order valence-electron chi connectivity index (χ1n) is 8.60. The Morgan fingerprint density at radius 1 is 0.931 bits per heavy atom. The van der Waals surface area contributed by atoms with Crippen LogP contribution in [-0.2, 0) is 0 Å². The van der Waals surface area contributed by atoms with E-state index in [1.165, 1.54) is 12.3 Å². The van der Waals surface area contributed by atoms with Gasteiger partial charge in [-0.25, -0.2) is 10.2 Å². The number of nitrogens with one attached hydrogen (secondary N) is 1. The molecule has 1 N–H and O–H groups in total. The second-order valence-corrected chi connectivity index (χ2v) is 6.97. The lowest BCUT2D eigenvalue weighted by molar-refractivity contribution is 0.0734. The molecule has 0 unspecified atom stereocenters. The highest BCUT2D eigenvalue weighted by atomic mass is 35.5. The van der Waals surface area contributed by atoms with Crippen molar-refractivity contribution in [3.8, 4) is 5.75 Å². The van der Waals surface area contributed by atoms with Crippen molar-refractivity contribution < 1.29 is 14.3 Å². The number of nitrogens with zero attached hydrogens (tertiary/aromatic N) is 1. The molecule has 0 bridgehead atoms. The number of hydrazone groups is 1. The molecule has 0 heterocycles. The smallest absolute Gasteiger partial charge is 0.343 e. The fraction of sp³-hybridized carbons (Fsp3) is 0.0455. The van der Waals surface area contributed by atoms with Crippen LogP contribution in [0, 0.1) is 6.92 Å². The number of carbonyl (C=O) groups excluding carboxylic acids is 2. The molecule has 0 saturated heterocycles. The summed E-state index contributed by atoms with van der Waals surface area (Å²) in [7, 11) is 0. The third kappa shape index (κ3) is 5.67. The van der Waals surface area contributed by atoms with E-state index in [0.29, 0.717) is 26.9 Å². The van der Waals surface area contributed by atoms with Gasteiger partial charge in [-0.05, 0) is 67.1 Å². The molecule has 0 aliphatic heterocycles. The van der Waals surface area contributed by atoms with Crippen molar-refractivity contribution in [2.75, 3.05) is 0 Å². The van der Waals surface area contributed by atoms with Crippen LogP contribution in [0.5, 0.6) is 5.75 Å². The van der Waals surface area contributed by atoms with Crippen LogP contribution < -0.4 is 10.2 Å². The molecule has 7 heteroatoms. The number of benzene rings is 3. The van der Waals surface area contributed by atoms with Crippen LogP contribution >= 0.6 is 23.2 Å². The average Bonchev–Trinajstić information content (AvgIpc) is 2.71. The van der Waals surface area contributed by atoms with Crippen molar-refractivity contribution in [2.45, 2.75) is 6.92 Å². The van der Waals surface area contributed by atoms with Crippen molar-refractivity contribution in [3.05, 3.63) is 99.0 Å². The Morgan fingerprint density at radius 3 is 2.38 bits per heavy atom. The molecule has 0 aliphatic carbocycles. The topological polar surface area (TPSA) is 67.8 Å². The third-order valence-electron chi connectivity index (χ3n) is 3.91. The summed E-state index contributed by atoms with van der Waals surface area (Å²) in [6.07, 6.45) is 1.47. The number of amides is 1. The number of halogens is 2. The second-order valence-electron chi connectivity index (χ2n) is 6.16. The summed E-state index contributed by atoms with van der Waals surface area (Å²) in [6, 6.07) is 18.5. The molecule has 5 nitrogen and oxygen atoms in total. The summed E-state index contributed by atoms with van der Waals surface area (Å²) in [6.45, 7) is 1.91. The molecule has 0 fully saturated rings. The number of hydrogen-bond acceptors (Lipinski definition) is 4. The molecule has 0 aromatic heterocycles. The summed E-state index contributed by atoms with van der Waals surface area (Å²) in [4.78, 5) is 24.2. The van der Waals surface area contributed by atoms with Gasteiger partial charge in [-0.15, -0.1) is 0 Å². The maximum Gasteiger partial charge on any atom is 0.343 e. The lowest BCUT2D eigenvalue weighted by Gasteiger charge is -2.05. The largest absolute Gasteiger partial charge is 0.423 e. The molecule has 29 heavy (non-hydrogen) atoms.